The SMILES string of the molecule is COc1c(O[C@@H]2O[C@H](C(=O)O)[C@@H](OC)[C@H](O)[C@H]2O)cc2oc(-c3ccc(O)cc3)cc(=O)c2c1O. The van der Waals surface area contributed by atoms with Gasteiger partial charge in [-0.15, -0.1) is 0 Å². The number of phenols is 2. The van der Waals surface area contributed by atoms with Crippen molar-refractivity contribution in [2.75, 3.05) is 14.2 Å². The molecule has 0 spiro atoms. The summed E-state index contributed by atoms with van der Waals surface area (Å²) < 4.78 is 26.8. The summed E-state index contributed by atoms with van der Waals surface area (Å²) in [6, 6.07) is 8.19. The van der Waals surface area contributed by atoms with Crippen molar-refractivity contribution in [1.82, 2.24) is 0 Å². The van der Waals surface area contributed by atoms with Crippen LogP contribution in [-0.4, -0.2) is 76.4 Å². The van der Waals surface area contributed by atoms with Crippen LogP contribution in [0.5, 0.6) is 23.0 Å². The molecule has 12 heteroatoms. The summed E-state index contributed by atoms with van der Waals surface area (Å²) >= 11 is 0. The molecule has 1 fully saturated rings. The number of carboxylic acids is 1. The maximum Gasteiger partial charge on any atom is 0.335 e. The number of carboxylic acid groups (broad SMARTS) is 1. The first-order valence-corrected chi connectivity index (χ1v) is 10.3. The molecule has 0 saturated carbocycles. The zero-order chi connectivity index (χ0) is 25.4. The van der Waals surface area contributed by atoms with Gasteiger partial charge in [-0.25, -0.2) is 4.79 Å². The van der Waals surface area contributed by atoms with Gasteiger partial charge in [0, 0.05) is 24.8 Å². The molecular weight excluding hydrogens is 468 g/mol. The second-order valence-corrected chi connectivity index (χ2v) is 7.71. The van der Waals surface area contributed by atoms with E-state index in [1.165, 1.54) is 37.4 Å². The first-order valence-electron chi connectivity index (χ1n) is 10.3. The number of aliphatic carboxylic acids is 1. The number of aromatic hydroxyl groups is 2. The van der Waals surface area contributed by atoms with Gasteiger partial charge in [-0.2, -0.15) is 0 Å². The third-order valence-corrected chi connectivity index (χ3v) is 5.57. The first-order chi connectivity index (χ1) is 16.7. The number of aliphatic hydroxyl groups excluding tert-OH is 2. The zero-order valence-electron chi connectivity index (χ0n) is 18.4. The minimum Gasteiger partial charge on any atom is -0.508 e. The molecule has 0 unspecified atom stereocenters. The van der Waals surface area contributed by atoms with Gasteiger partial charge in [-0.05, 0) is 24.3 Å². The van der Waals surface area contributed by atoms with E-state index in [9.17, 15) is 35.1 Å². The molecule has 186 valence electrons. The Labute approximate surface area is 197 Å². The highest BCUT2D eigenvalue weighted by atomic mass is 16.7. The van der Waals surface area contributed by atoms with Crippen molar-refractivity contribution in [3.63, 3.8) is 0 Å². The molecule has 0 amide bonds. The third kappa shape index (κ3) is 4.35. The first kappa shape index (κ1) is 24.3. The molecular formula is C23H22O12. The summed E-state index contributed by atoms with van der Waals surface area (Å²) in [6.07, 6.45) is -8.19. The average Bonchev–Trinajstić information content (AvgIpc) is 2.82. The fraction of sp³-hybridized carbons (Fsp3) is 0.304. The maximum absolute atomic E-state index is 12.8. The molecule has 1 aromatic heterocycles. The van der Waals surface area contributed by atoms with E-state index in [-0.39, 0.29) is 34.0 Å². The van der Waals surface area contributed by atoms with E-state index in [0.717, 1.165) is 13.2 Å². The number of carbonyl (C=O) groups is 1. The lowest BCUT2D eigenvalue weighted by atomic mass is 9.98. The standard InChI is InChI=1S/C23H22O12/c1-31-19-14(34-23-18(28)17(27)20(32-2)21(35-23)22(29)30)8-13-15(16(19)26)11(25)7-12(33-13)9-3-5-10(24)6-4-9/h3-8,17-18,20-21,23-24,26-28H,1-2H3,(H,29,30)/t17-,18-,20+,21+,23-/m1/s1. The molecule has 12 nitrogen and oxygen atoms in total. The van der Waals surface area contributed by atoms with Crippen molar-refractivity contribution in [3.05, 3.63) is 46.6 Å². The molecule has 0 radical (unpaired) electrons. The highest BCUT2D eigenvalue weighted by Gasteiger charge is 2.49. The number of fused-ring (bicyclic) bond motifs is 1. The van der Waals surface area contributed by atoms with Gasteiger partial charge in [0.15, 0.2) is 23.0 Å². The Morgan fingerprint density at radius 2 is 1.71 bits per heavy atom. The Balaban J connectivity index is 1.78. The Kier molecular flexibility index (Phi) is 6.54. The smallest absolute Gasteiger partial charge is 0.335 e. The molecule has 2 heterocycles. The summed E-state index contributed by atoms with van der Waals surface area (Å²) in [6.45, 7) is 0. The molecule has 1 aliphatic rings. The van der Waals surface area contributed by atoms with Gasteiger partial charge in [-0.1, -0.05) is 0 Å². The number of ether oxygens (including phenoxy) is 4. The van der Waals surface area contributed by atoms with Gasteiger partial charge < -0.3 is 48.9 Å². The Morgan fingerprint density at radius 1 is 1.03 bits per heavy atom. The summed E-state index contributed by atoms with van der Waals surface area (Å²) in [4.78, 5) is 24.3. The molecule has 5 N–H and O–H groups in total. The topological polar surface area (TPSA) is 185 Å². The Hall–Kier alpha value is -3.84. The zero-order valence-corrected chi connectivity index (χ0v) is 18.4. The van der Waals surface area contributed by atoms with Crippen molar-refractivity contribution in [2.24, 2.45) is 0 Å². The van der Waals surface area contributed by atoms with Gasteiger partial charge in [0.1, 0.15) is 40.8 Å². The van der Waals surface area contributed by atoms with E-state index in [4.69, 9.17) is 23.4 Å². The van der Waals surface area contributed by atoms with Gasteiger partial charge in [0.2, 0.25) is 12.0 Å². The summed E-state index contributed by atoms with van der Waals surface area (Å²) in [5, 5.41) is 50.2. The minimum atomic E-state index is -1.74. The fourth-order valence-corrected chi connectivity index (χ4v) is 3.84. The molecule has 0 aliphatic carbocycles. The average molecular weight is 490 g/mol. The van der Waals surface area contributed by atoms with Crippen LogP contribution in [0.3, 0.4) is 0 Å². The van der Waals surface area contributed by atoms with E-state index in [2.05, 4.69) is 0 Å². The highest BCUT2D eigenvalue weighted by Crippen LogP contribution is 2.43. The second-order valence-electron chi connectivity index (χ2n) is 7.71. The van der Waals surface area contributed by atoms with Crippen LogP contribution >= 0.6 is 0 Å². The number of hydrogen-bond donors (Lipinski definition) is 5. The van der Waals surface area contributed by atoms with Crippen molar-refractivity contribution in [2.45, 2.75) is 30.7 Å². The molecule has 5 atom stereocenters. The van der Waals surface area contributed by atoms with Crippen LogP contribution in [0.4, 0.5) is 0 Å². The molecule has 4 rings (SSSR count). The van der Waals surface area contributed by atoms with Crippen molar-refractivity contribution < 1.29 is 53.7 Å². The highest BCUT2D eigenvalue weighted by molar-refractivity contribution is 5.89. The molecule has 35 heavy (non-hydrogen) atoms. The normalized spacial score (nSPS) is 24.3. The molecule has 2 aromatic carbocycles. The van der Waals surface area contributed by atoms with E-state index < -0.39 is 47.9 Å². The number of hydrogen-bond acceptors (Lipinski definition) is 11. The summed E-state index contributed by atoms with van der Waals surface area (Å²) in [7, 11) is 2.34. The van der Waals surface area contributed by atoms with Crippen LogP contribution in [0.1, 0.15) is 0 Å². The predicted molar refractivity (Wildman–Crippen MR) is 118 cm³/mol. The lowest BCUT2D eigenvalue weighted by Crippen LogP contribution is -2.61. The quantitative estimate of drug-likeness (QED) is 0.328. The van der Waals surface area contributed by atoms with E-state index in [1.807, 2.05) is 0 Å². The summed E-state index contributed by atoms with van der Waals surface area (Å²) in [5.74, 6) is -2.53. The van der Waals surface area contributed by atoms with Crippen LogP contribution in [0.15, 0.2) is 45.6 Å². The summed E-state index contributed by atoms with van der Waals surface area (Å²) in [5.41, 5.74) is -0.261. The molecule has 0 bridgehead atoms. The van der Waals surface area contributed by atoms with Crippen LogP contribution in [0.2, 0.25) is 0 Å². The van der Waals surface area contributed by atoms with Crippen molar-refractivity contribution in [1.29, 1.82) is 0 Å². The van der Waals surface area contributed by atoms with E-state index >= 15 is 0 Å². The van der Waals surface area contributed by atoms with Crippen LogP contribution in [0.25, 0.3) is 22.3 Å². The minimum absolute atomic E-state index is 0.0126. The lowest BCUT2D eigenvalue weighted by Gasteiger charge is -2.40. The second kappa shape index (κ2) is 9.43. The third-order valence-electron chi connectivity index (χ3n) is 5.57. The molecule has 1 saturated heterocycles. The molecule has 3 aromatic rings. The number of benzene rings is 2. The Bertz CT molecular complexity index is 1300. The van der Waals surface area contributed by atoms with Gasteiger partial charge >= 0.3 is 5.97 Å². The monoisotopic (exact) mass is 490 g/mol. The van der Waals surface area contributed by atoms with Crippen molar-refractivity contribution >= 4 is 16.9 Å². The van der Waals surface area contributed by atoms with Crippen LogP contribution < -0.4 is 14.9 Å². The Morgan fingerprint density at radius 3 is 2.31 bits per heavy atom. The maximum atomic E-state index is 12.8. The van der Waals surface area contributed by atoms with E-state index in [0.29, 0.717) is 5.56 Å². The van der Waals surface area contributed by atoms with E-state index in [1.54, 1.807) is 0 Å². The largest absolute Gasteiger partial charge is 0.508 e. The predicted octanol–water partition coefficient (Wildman–Crippen LogP) is 0.805. The number of methoxy groups -OCH3 is 2. The van der Waals surface area contributed by atoms with Crippen LogP contribution in [-0.2, 0) is 14.3 Å². The number of rotatable bonds is 6. The molecule has 1 aliphatic heterocycles. The number of aliphatic hydroxyl groups is 2. The lowest BCUT2D eigenvalue weighted by molar-refractivity contribution is -0.275. The fourth-order valence-electron chi connectivity index (χ4n) is 3.84. The van der Waals surface area contributed by atoms with Gasteiger partial charge in [0.25, 0.3) is 0 Å². The number of phenolic OH excluding ortho intramolecular Hbond substituents is 2. The van der Waals surface area contributed by atoms with Crippen LogP contribution in [0, 0.1) is 0 Å². The van der Waals surface area contributed by atoms with Gasteiger partial charge in [0.05, 0.1) is 7.11 Å². The van der Waals surface area contributed by atoms with Gasteiger partial charge in [-0.3, -0.25) is 4.79 Å². The van der Waals surface area contributed by atoms with Crippen molar-refractivity contribution in [3.8, 4) is 34.3 Å².